The molecule has 4 nitrogen and oxygen atoms in total. The van der Waals surface area contributed by atoms with Crippen molar-refractivity contribution < 1.29 is 4.74 Å². The number of hydrogen-bond acceptors (Lipinski definition) is 3. The molecule has 4 heteroatoms. The highest BCUT2D eigenvalue weighted by atomic mass is 16.5. The Hall–Kier alpha value is -1.55. The van der Waals surface area contributed by atoms with E-state index in [1.165, 1.54) is 24.8 Å². The Morgan fingerprint density at radius 1 is 1.50 bits per heavy atom. The SMILES string of the molecule is COc1cc(CN(C)C2CCC2)ccc1C(=N)N. The summed E-state index contributed by atoms with van der Waals surface area (Å²) in [6, 6.07) is 6.59. The van der Waals surface area contributed by atoms with E-state index >= 15 is 0 Å². The highest BCUT2D eigenvalue weighted by Crippen LogP contribution is 2.26. The van der Waals surface area contributed by atoms with Gasteiger partial charge in [0, 0.05) is 12.6 Å². The van der Waals surface area contributed by atoms with E-state index < -0.39 is 0 Å². The van der Waals surface area contributed by atoms with Gasteiger partial charge in [0.2, 0.25) is 0 Å². The van der Waals surface area contributed by atoms with E-state index in [-0.39, 0.29) is 5.84 Å². The maximum Gasteiger partial charge on any atom is 0.130 e. The largest absolute Gasteiger partial charge is 0.496 e. The zero-order valence-electron chi connectivity index (χ0n) is 11.1. The minimum atomic E-state index is 0.0470. The van der Waals surface area contributed by atoms with Crippen LogP contribution >= 0.6 is 0 Å². The van der Waals surface area contributed by atoms with Crippen molar-refractivity contribution in [1.29, 1.82) is 5.41 Å². The van der Waals surface area contributed by atoms with Gasteiger partial charge in [-0.2, -0.15) is 0 Å². The van der Waals surface area contributed by atoms with Crippen molar-refractivity contribution in [3.8, 4) is 5.75 Å². The van der Waals surface area contributed by atoms with E-state index in [9.17, 15) is 0 Å². The lowest BCUT2D eigenvalue weighted by Crippen LogP contribution is -2.36. The summed E-state index contributed by atoms with van der Waals surface area (Å²) in [5, 5.41) is 7.49. The van der Waals surface area contributed by atoms with Gasteiger partial charge in [-0.25, -0.2) is 0 Å². The zero-order chi connectivity index (χ0) is 13.1. The van der Waals surface area contributed by atoms with Crippen LogP contribution in [0.3, 0.4) is 0 Å². The van der Waals surface area contributed by atoms with E-state index in [0.29, 0.717) is 11.3 Å². The number of hydrogen-bond donors (Lipinski definition) is 2. The topological polar surface area (TPSA) is 62.3 Å². The summed E-state index contributed by atoms with van der Waals surface area (Å²) in [7, 11) is 3.77. The fraction of sp³-hybridized carbons (Fsp3) is 0.500. The number of rotatable bonds is 5. The van der Waals surface area contributed by atoms with E-state index in [1.54, 1.807) is 7.11 Å². The van der Waals surface area contributed by atoms with Crippen molar-refractivity contribution in [3.05, 3.63) is 29.3 Å². The summed E-state index contributed by atoms with van der Waals surface area (Å²) in [6.07, 6.45) is 3.96. The molecule has 1 aromatic rings. The van der Waals surface area contributed by atoms with Crippen LogP contribution in [0.25, 0.3) is 0 Å². The van der Waals surface area contributed by atoms with Gasteiger partial charge in [0.25, 0.3) is 0 Å². The third-order valence-corrected chi connectivity index (χ3v) is 3.69. The number of amidine groups is 1. The van der Waals surface area contributed by atoms with Gasteiger partial charge in [0.1, 0.15) is 11.6 Å². The molecular weight excluding hydrogens is 226 g/mol. The van der Waals surface area contributed by atoms with Crippen molar-refractivity contribution in [2.45, 2.75) is 31.8 Å². The first-order valence-electron chi connectivity index (χ1n) is 6.33. The summed E-state index contributed by atoms with van der Waals surface area (Å²) in [4.78, 5) is 2.38. The molecule has 0 amide bonds. The van der Waals surface area contributed by atoms with E-state index in [1.807, 2.05) is 18.2 Å². The Kier molecular flexibility index (Phi) is 3.87. The summed E-state index contributed by atoms with van der Waals surface area (Å²) < 4.78 is 5.29. The first-order valence-corrected chi connectivity index (χ1v) is 6.33. The molecule has 0 aromatic heterocycles. The summed E-state index contributed by atoms with van der Waals surface area (Å²) in [5.41, 5.74) is 7.37. The van der Waals surface area contributed by atoms with Gasteiger partial charge in [-0.3, -0.25) is 10.3 Å². The van der Waals surface area contributed by atoms with Crippen LogP contribution in [0.5, 0.6) is 5.75 Å². The maximum absolute atomic E-state index is 7.49. The monoisotopic (exact) mass is 247 g/mol. The van der Waals surface area contributed by atoms with Crippen molar-refractivity contribution in [2.24, 2.45) is 5.73 Å². The Bertz CT molecular complexity index is 441. The van der Waals surface area contributed by atoms with Crippen LogP contribution in [-0.2, 0) is 6.54 Å². The fourth-order valence-electron chi connectivity index (χ4n) is 2.30. The van der Waals surface area contributed by atoms with Gasteiger partial charge < -0.3 is 10.5 Å². The molecule has 0 saturated heterocycles. The maximum atomic E-state index is 7.49. The van der Waals surface area contributed by atoms with Crippen LogP contribution in [0.2, 0.25) is 0 Å². The predicted octanol–water partition coefficient (Wildman–Crippen LogP) is 1.96. The molecule has 3 N–H and O–H groups in total. The smallest absolute Gasteiger partial charge is 0.130 e. The van der Waals surface area contributed by atoms with Crippen molar-refractivity contribution in [1.82, 2.24) is 4.90 Å². The molecule has 1 saturated carbocycles. The first-order chi connectivity index (χ1) is 8.61. The molecule has 0 atom stereocenters. The van der Waals surface area contributed by atoms with Crippen molar-refractivity contribution in [2.75, 3.05) is 14.2 Å². The van der Waals surface area contributed by atoms with Gasteiger partial charge in [0.05, 0.1) is 12.7 Å². The molecule has 0 radical (unpaired) electrons. The number of nitrogen functional groups attached to an aromatic ring is 1. The van der Waals surface area contributed by atoms with Crippen LogP contribution in [0.15, 0.2) is 18.2 Å². The second-order valence-corrected chi connectivity index (χ2v) is 4.95. The molecule has 98 valence electrons. The van der Waals surface area contributed by atoms with E-state index in [0.717, 1.165) is 12.6 Å². The first kappa shape index (κ1) is 12.9. The van der Waals surface area contributed by atoms with Gasteiger partial charge in [-0.1, -0.05) is 12.5 Å². The highest BCUT2D eigenvalue weighted by Gasteiger charge is 2.22. The summed E-state index contributed by atoms with van der Waals surface area (Å²) >= 11 is 0. The number of nitrogens with zero attached hydrogens (tertiary/aromatic N) is 1. The lowest BCUT2D eigenvalue weighted by Gasteiger charge is -2.34. The number of benzene rings is 1. The van der Waals surface area contributed by atoms with Crippen LogP contribution in [0.1, 0.15) is 30.4 Å². The van der Waals surface area contributed by atoms with Gasteiger partial charge >= 0.3 is 0 Å². The number of nitrogens with one attached hydrogen (secondary N) is 1. The Balaban J connectivity index is 2.11. The predicted molar refractivity (Wildman–Crippen MR) is 73.1 cm³/mol. The van der Waals surface area contributed by atoms with E-state index in [4.69, 9.17) is 15.9 Å². The molecule has 0 unspecified atom stereocenters. The van der Waals surface area contributed by atoms with Crippen LogP contribution in [0.4, 0.5) is 0 Å². The van der Waals surface area contributed by atoms with E-state index in [2.05, 4.69) is 11.9 Å². The average molecular weight is 247 g/mol. The van der Waals surface area contributed by atoms with Gasteiger partial charge in [-0.15, -0.1) is 0 Å². The molecular formula is C14H21N3O. The highest BCUT2D eigenvalue weighted by molar-refractivity contribution is 5.97. The molecule has 1 aromatic carbocycles. The molecule has 0 aliphatic heterocycles. The molecule has 18 heavy (non-hydrogen) atoms. The standard InChI is InChI=1S/C14H21N3O/c1-17(11-4-3-5-11)9-10-6-7-12(14(15)16)13(8-10)18-2/h6-8,11H,3-5,9H2,1-2H3,(H3,15,16). The minimum Gasteiger partial charge on any atom is -0.496 e. The third-order valence-electron chi connectivity index (χ3n) is 3.69. The van der Waals surface area contributed by atoms with Gasteiger partial charge in [-0.05, 0) is 37.6 Å². The van der Waals surface area contributed by atoms with Crippen molar-refractivity contribution >= 4 is 5.84 Å². The lowest BCUT2D eigenvalue weighted by molar-refractivity contribution is 0.152. The van der Waals surface area contributed by atoms with Crippen LogP contribution in [-0.4, -0.2) is 30.9 Å². The number of nitrogens with two attached hydrogens (primary N) is 1. The number of ether oxygens (including phenoxy) is 1. The fourth-order valence-corrected chi connectivity index (χ4v) is 2.30. The second kappa shape index (κ2) is 5.40. The Labute approximate surface area is 108 Å². The second-order valence-electron chi connectivity index (χ2n) is 4.95. The molecule has 2 rings (SSSR count). The number of methoxy groups -OCH3 is 1. The lowest BCUT2D eigenvalue weighted by atomic mass is 9.91. The summed E-state index contributed by atoms with van der Waals surface area (Å²) in [5.74, 6) is 0.729. The van der Waals surface area contributed by atoms with Crippen LogP contribution < -0.4 is 10.5 Å². The minimum absolute atomic E-state index is 0.0470. The average Bonchev–Trinajstić information content (AvgIpc) is 2.25. The van der Waals surface area contributed by atoms with Gasteiger partial charge in [0.15, 0.2) is 0 Å². The molecule has 1 fully saturated rings. The van der Waals surface area contributed by atoms with Crippen molar-refractivity contribution in [3.63, 3.8) is 0 Å². The Morgan fingerprint density at radius 3 is 2.72 bits per heavy atom. The molecule has 0 heterocycles. The van der Waals surface area contributed by atoms with Crippen LogP contribution in [0, 0.1) is 5.41 Å². The Morgan fingerprint density at radius 2 is 2.22 bits per heavy atom. The molecule has 1 aliphatic carbocycles. The summed E-state index contributed by atoms with van der Waals surface area (Å²) in [6.45, 7) is 0.916. The normalized spacial score (nSPS) is 15.5. The molecule has 0 bridgehead atoms. The quantitative estimate of drug-likeness (QED) is 0.617. The molecule has 0 spiro atoms. The zero-order valence-corrected chi connectivity index (χ0v) is 11.1. The molecule has 1 aliphatic rings. The third kappa shape index (κ3) is 2.64.